The first-order valence-corrected chi connectivity index (χ1v) is 3.88. The van der Waals surface area contributed by atoms with Crippen molar-refractivity contribution in [3.63, 3.8) is 0 Å². The predicted octanol–water partition coefficient (Wildman–Crippen LogP) is -0.289. The van der Waals surface area contributed by atoms with Crippen LogP contribution in [0.1, 0.15) is 6.92 Å². The maximum absolute atomic E-state index is 10.7. The van der Waals surface area contributed by atoms with E-state index in [0.29, 0.717) is 6.54 Å². The Morgan fingerprint density at radius 1 is 1.50 bits per heavy atom. The van der Waals surface area contributed by atoms with Gasteiger partial charge in [0.05, 0.1) is 0 Å². The molecule has 1 aliphatic heterocycles. The Bertz CT molecular complexity index is 89.6. The van der Waals surface area contributed by atoms with Crippen LogP contribution in [-0.4, -0.2) is 43.7 Å². The third-order valence-electron chi connectivity index (χ3n) is 1.72. The molecule has 3 heteroatoms. The predicted molar refractivity (Wildman–Crippen MR) is 39.5 cm³/mol. The second-order valence-corrected chi connectivity index (χ2v) is 2.86. The second-order valence-electron chi connectivity index (χ2n) is 2.86. The van der Waals surface area contributed by atoms with Crippen molar-refractivity contribution in [2.45, 2.75) is 13.0 Å². The van der Waals surface area contributed by atoms with Gasteiger partial charge in [-0.05, 0) is 6.92 Å². The third-order valence-corrected chi connectivity index (χ3v) is 1.72. The molecule has 1 atom stereocenters. The van der Waals surface area contributed by atoms with Crippen LogP contribution in [-0.2, 0) is 5.11 Å². The number of hydrogen-bond acceptors (Lipinski definition) is 2. The Morgan fingerprint density at radius 3 is 2.60 bits per heavy atom. The van der Waals surface area contributed by atoms with Gasteiger partial charge in [-0.3, -0.25) is 4.90 Å². The number of nitrogens with zero attached hydrogens (tertiary/aromatic N) is 1. The van der Waals surface area contributed by atoms with Crippen LogP contribution in [0.25, 0.3) is 0 Å². The van der Waals surface area contributed by atoms with Crippen LogP contribution in [0, 0.1) is 0 Å². The molecule has 1 fully saturated rings. The summed E-state index contributed by atoms with van der Waals surface area (Å²) in [6, 6.07) is 0. The fourth-order valence-electron chi connectivity index (χ4n) is 1.26. The molecule has 1 heterocycles. The van der Waals surface area contributed by atoms with Gasteiger partial charge in [-0.1, -0.05) is 0 Å². The van der Waals surface area contributed by atoms with E-state index in [1.165, 1.54) is 0 Å². The molecule has 3 nitrogen and oxygen atoms in total. The fraction of sp³-hybridized carbons (Fsp3) is 1.00. The number of hydrogen-bond donors (Lipinski definition) is 1. The van der Waals surface area contributed by atoms with Crippen LogP contribution in [0.3, 0.4) is 0 Å². The Hall–Kier alpha value is -0.120. The van der Waals surface area contributed by atoms with Crippen molar-refractivity contribution in [1.82, 2.24) is 10.2 Å². The standard InChI is InChI=1S/C7H15N2O/c1-7(10)6-9-4-2-8-3-5-9/h7-8H,2-6H2,1H3. The van der Waals surface area contributed by atoms with E-state index >= 15 is 0 Å². The van der Waals surface area contributed by atoms with E-state index in [2.05, 4.69) is 10.2 Å². The minimum atomic E-state index is -0.432. The molecular weight excluding hydrogens is 128 g/mol. The maximum Gasteiger partial charge on any atom is 0.103 e. The zero-order valence-electron chi connectivity index (χ0n) is 6.47. The lowest BCUT2D eigenvalue weighted by Gasteiger charge is -2.27. The zero-order chi connectivity index (χ0) is 7.40. The minimum absolute atomic E-state index is 0.432. The summed E-state index contributed by atoms with van der Waals surface area (Å²) in [6.45, 7) is 6.57. The molecule has 10 heavy (non-hydrogen) atoms. The van der Waals surface area contributed by atoms with E-state index < -0.39 is 6.10 Å². The summed E-state index contributed by atoms with van der Waals surface area (Å²) in [4.78, 5) is 2.22. The molecule has 1 aliphatic rings. The van der Waals surface area contributed by atoms with Crippen LogP contribution in [0.5, 0.6) is 0 Å². The van der Waals surface area contributed by atoms with E-state index in [1.54, 1.807) is 6.92 Å². The number of piperazine rings is 1. The van der Waals surface area contributed by atoms with Crippen LogP contribution in [0.4, 0.5) is 0 Å². The first-order chi connectivity index (χ1) is 4.79. The molecule has 0 bridgehead atoms. The van der Waals surface area contributed by atoms with Gasteiger partial charge >= 0.3 is 0 Å². The van der Waals surface area contributed by atoms with E-state index in [9.17, 15) is 5.11 Å². The molecule has 1 unspecified atom stereocenters. The lowest BCUT2D eigenvalue weighted by atomic mass is 10.3. The lowest BCUT2D eigenvalue weighted by molar-refractivity contribution is 0.0604. The Morgan fingerprint density at radius 2 is 2.10 bits per heavy atom. The molecule has 59 valence electrons. The second kappa shape index (κ2) is 3.91. The van der Waals surface area contributed by atoms with E-state index in [0.717, 1.165) is 26.2 Å². The molecule has 0 saturated carbocycles. The van der Waals surface area contributed by atoms with Gasteiger partial charge in [0, 0.05) is 32.7 Å². The molecule has 0 aromatic rings. The SMILES string of the molecule is CC([O])CN1CCNCC1. The maximum atomic E-state index is 10.7. The first-order valence-electron chi connectivity index (χ1n) is 3.88. The Kier molecular flexibility index (Phi) is 3.12. The van der Waals surface area contributed by atoms with Crippen molar-refractivity contribution in [2.75, 3.05) is 32.7 Å². The smallest absolute Gasteiger partial charge is 0.103 e. The first kappa shape index (κ1) is 7.98. The third kappa shape index (κ3) is 2.64. The largest absolute Gasteiger partial charge is 0.314 e. The molecule has 0 amide bonds. The minimum Gasteiger partial charge on any atom is -0.314 e. The van der Waals surface area contributed by atoms with Crippen molar-refractivity contribution in [3.8, 4) is 0 Å². The zero-order valence-corrected chi connectivity index (χ0v) is 6.47. The highest BCUT2D eigenvalue weighted by molar-refractivity contribution is 4.68. The Balaban J connectivity index is 2.13. The Labute approximate surface area is 62.0 Å². The molecule has 1 rings (SSSR count). The quantitative estimate of drug-likeness (QED) is 0.576. The van der Waals surface area contributed by atoms with Crippen LogP contribution >= 0.6 is 0 Å². The average molecular weight is 143 g/mol. The number of nitrogens with one attached hydrogen (secondary N) is 1. The normalized spacial score (nSPS) is 24.6. The van der Waals surface area contributed by atoms with Crippen molar-refractivity contribution in [1.29, 1.82) is 0 Å². The summed E-state index contributed by atoms with van der Waals surface area (Å²) < 4.78 is 0. The summed E-state index contributed by atoms with van der Waals surface area (Å²) in [7, 11) is 0. The molecule has 1 radical (unpaired) electrons. The highest BCUT2D eigenvalue weighted by atomic mass is 16.3. The van der Waals surface area contributed by atoms with Gasteiger partial charge in [0.1, 0.15) is 6.10 Å². The van der Waals surface area contributed by atoms with Crippen molar-refractivity contribution in [3.05, 3.63) is 0 Å². The average Bonchev–Trinajstić information content (AvgIpc) is 1.88. The molecular formula is C7H15N2O. The van der Waals surface area contributed by atoms with Gasteiger partial charge < -0.3 is 5.32 Å². The molecule has 1 N–H and O–H groups in total. The van der Waals surface area contributed by atoms with Crippen molar-refractivity contribution < 1.29 is 5.11 Å². The van der Waals surface area contributed by atoms with Gasteiger partial charge in [0.15, 0.2) is 0 Å². The van der Waals surface area contributed by atoms with Gasteiger partial charge in [0.2, 0.25) is 0 Å². The summed E-state index contributed by atoms with van der Waals surface area (Å²) >= 11 is 0. The lowest BCUT2D eigenvalue weighted by Crippen LogP contribution is -2.45. The highest BCUT2D eigenvalue weighted by Gasteiger charge is 2.11. The monoisotopic (exact) mass is 143 g/mol. The van der Waals surface area contributed by atoms with E-state index in [4.69, 9.17) is 0 Å². The highest BCUT2D eigenvalue weighted by Crippen LogP contribution is 1.94. The van der Waals surface area contributed by atoms with Crippen LogP contribution in [0.2, 0.25) is 0 Å². The van der Waals surface area contributed by atoms with Gasteiger partial charge in [-0.25, -0.2) is 5.11 Å². The van der Waals surface area contributed by atoms with Crippen molar-refractivity contribution in [2.24, 2.45) is 0 Å². The van der Waals surface area contributed by atoms with Crippen LogP contribution in [0.15, 0.2) is 0 Å². The van der Waals surface area contributed by atoms with Gasteiger partial charge in [-0.15, -0.1) is 0 Å². The summed E-state index contributed by atoms with van der Waals surface area (Å²) in [5.41, 5.74) is 0. The molecule has 0 aromatic carbocycles. The molecule has 1 saturated heterocycles. The number of rotatable bonds is 2. The van der Waals surface area contributed by atoms with Gasteiger partial charge in [-0.2, -0.15) is 0 Å². The summed E-state index contributed by atoms with van der Waals surface area (Å²) in [5.74, 6) is 0. The fourth-order valence-corrected chi connectivity index (χ4v) is 1.26. The van der Waals surface area contributed by atoms with E-state index in [-0.39, 0.29) is 0 Å². The topological polar surface area (TPSA) is 35.2 Å². The van der Waals surface area contributed by atoms with Crippen LogP contribution < -0.4 is 5.32 Å². The molecule has 0 aromatic heterocycles. The molecule has 0 aliphatic carbocycles. The van der Waals surface area contributed by atoms with Gasteiger partial charge in [0.25, 0.3) is 0 Å². The van der Waals surface area contributed by atoms with Crippen molar-refractivity contribution >= 4 is 0 Å². The summed E-state index contributed by atoms with van der Waals surface area (Å²) in [6.07, 6.45) is -0.432. The molecule has 0 spiro atoms. The van der Waals surface area contributed by atoms with E-state index in [1.807, 2.05) is 0 Å². The summed E-state index contributed by atoms with van der Waals surface area (Å²) in [5, 5.41) is 14.0.